The predicted molar refractivity (Wildman–Crippen MR) is 136 cm³/mol. The topological polar surface area (TPSA) is 106 Å². The van der Waals surface area contributed by atoms with Gasteiger partial charge >= 0.3 is 6.18 Å². The van der Waals surface area contributed by atoms with Crippen molar-refractivity contribution in [2.75, 3.05) is 40.8 Å². The van der Waals surface area contributed by atoms with Gasteiger partial charge in [-0.1, -0.05) is 18.2 Å². The van der Waals surface area contributed by atoms with Gasteiger partial charge in [0, 0.05) is 36.3 Å². The molecule has 1 atom stereocenters. The number of pyridine rings is 1. The number of aromatic nitrogens is 1. The van der Waals surface area contributed by atoms with Crippen LogP contribution in [0, 0.1) is 5.95 Å². The van der Waals surface area contributed by atoms with Crippen LogP contribution in [0.2, 0.25) is 0 Å². The lowest BCUT2D eigenvalue weighted by molar-refractivity contribution is -0.137. The first-order valence-corrected chi connectivity index (χ1v) is 15.2. The molecule has 0 spiro atoms. The minimum atomic E-state index is -4.59. The van der Waals surface area contributed by atoms with Crippen LogP contribution in [0.25, 0.3) is 0 Å². The maximum atomic E-state index is 13.6. The summed E-state index contributed by atoms with van der Waals surface area (Å²) < 4.78 is 112. The van der Waals surface area contributed by atoms with E-state index in [-0.39, 0.29) is 53.4 Å². The van der Waals surface area contributed by atoms with Gasteiger partial charge in [0.25, 0.3) is 10.0 Å². The van der Waals surface area contributed by atoms with Gasteiger partial charge in [-0.25, -0.2) is 21.8 Å². The molecule has 14 heteroatoms. The molecule has 0 radical (unpaired) electrons. The van der Waals surface area contributed by atoms with Crippen molar-refractivity contribution in [2.24, 2.45) is 0 Å². The first-order chi connectivity index (χ1) is 18.3. The van der Waals surface area contributed by atoms with Gasteiger partial charge in [-0.2, -0.15) is 17.6 Å². The number of hydrogen-bond acceptors (Lipinski definition) is 7. The van der Waals surface area contributed by atoms with Crippen LogP contribution in [0.5, 0.6) is 5.75 Å². The van der Waals surface area contributed by atoms with Gasteiger partial charge in [0.05, 0.1) is 28.6 Å². The molecule has 3 aromatic rings. The van der Waals surface area contributed by atoms with E-state index in [1.165, 1.54) is 36.4 Å². The van der Waals surface area contributed by atoms with Crippen LogP contribution in [0.15, 0.2) is 59.5 Å². The van der Waals surface area contributed by atoms with Crippen molar-refractivity contribution in [3.05, 3.63) is 77.2 Å². The molecule has 0 bridgehead atoms. The zero-order valence-electron chi connectivity index (χ0n) is 20.3. The van der Waals surface area contributed by atoms with Crippen molar-refractivity contribution in [2.45, 2.75) is 23.4 Å². The highest BCUT2D eigenvalue weighted by Crippen LogP contribution is 2.44. The molecular formula is C25H23F4N3O5S2. The summed E-state index contributed by atoms with van der Waals surface area (Å²) in [7, 11) is -7.42. The van der Waals surface area contributed by atoms with Crippen LogP contribution in [-0.2, 0) is 26.0 Å². The second-order valence-electron chi connectivity index (χ2n) is 9.25. The number of alkyl halides is 3. The molecule has 2 aliphatic rings. The van der Waals surface area contributed by atoms with Crippen molar-refractivity contribution < 1.29 is 39.1 Å². The van der Waals surface area contributed by atoms with Gasteiger partial charge in [0.1, 0.15) is 11.6 Å². The summed E-state index contributed by atoms with van der Waals surface area (Å²) in [4.78, 5) is 4.98. The zero-order valence-corrected chi connectivity index (χ0v) is 21.9. The Kier molecular flexibility index (Phi) is 6.95. The lowest BCUT2D eigenvalue weighted by Crippen LogP contribution is -2.41. The van der Waals surface area contributed by atoms with Gasteiger partial charge in [-0.3, -0.25) is 4.72 Å². The molecule has 208 valence electrons. The van der Waals surface area contributed by atoms with Crippen molar-refractivity contribution in [3.8, 4) is 5.75 Å². The predicted octanol–water partition coefficient (Wildman–Crippen LogP) is 4.19. The highest BCUT2D eigenvalue weighted by atomic mass is 32.2. The molecule has 39 heavy (non-hydrogen) atoms. The van der Waals surface area contributed by atoms with Crippen LogP contribution < -0.4 is 14.4 Å². The number of nitrogens with zero attached hydrogens (tertiary/aromatic N) is 2. The standard InChI is InChI=1S/C25H23F4N3O5S2/c26-23-2-1-3-24(30-23)31-39(35,36)17-5-7-20-18(8-11-37-22(20)15-17)19-6-4-16(25(27,28)29)14-21(19)32-9-12-38(33,34)13-10-32/h1-7,14-15,18H,8-13H2,(H,30,31). The average molecular weight is 586 g/mol. The summed E-state index contributed by atoms with van der Waals surface area (Å²) in [6, 6.07) is 11.3. The lowest BCUT2D eigenvalue weighted by Gasteiger charge is -2.34. The number of nitrogens with one attached hydrogen (secondary N) is 1. The normalized spacial score (nSPS) is 19.2. The number of halogens is 4. The summed E-state index contributed by atoms with van der Waals surface area (Å²) in [5.41, 5.74) is 0.577. The number of benzene rings is 2. The SMILES string of the molecule is O=S1(=O)CCN(c2cc(C(F)(F)F)ccc2C2CCOc3cc(S(=O)(=O)Nc4cccc(F)n4)ccc32)CC1. The Morgan fingerprint density at radius 3 is 2.41 bits per heavy atom. The number of sulfonamides is 1. The minimum absolute atomic E-state index is 0.0592. The van der Waals surface area contributed by atoms with E-state index < -0.39 is 43.5 Å². The van der Waals surface area contributed by atoms with Crippen LogP contribution in [0.1, 0.15) is 29.0 Å². The second-order valence-corrected chi connectivity index (χ2v) is 13.2. The van der Waals surface area contributed by atoms with E-state index in [0.717, 1.165) is 18.2 Å². The maximum absolute atomic E-state index is 13.6. The Bertz CT molecular complexity index is 1610. The monoisotopic (exact) mass is 585 g/mol. The fourth-order valence-corrected chi connectivity index (χ4v) is 6.98. The third-order valence-corrected chi connectivity index (χ3v) is 9.67. The van der Waals surface area contributed by atoms with Crippen LogP contribution >= 0.6 is 0 Å². The molecule has 3 heterocycles. The van der Waals surface area contributed by atoms with Crippen LogP contribution in [-0.4, -0.2) is 53.0 Å². The van der Waals surface area contributed by atoms with E-state index in [4.69, 9.17) is 4.74 Å². The molecule has 2 aromatic carbocycles. The van der Waals surface area contributed by atoms with Gasteiger partial charge in [-0.05, 0) is 42.3 Å². The molecule has 2 aliphatic heterocycles. The average Bonchev–Trinajstić information content (AvgIpc) is 2.87. The summed E-state index contributed by atoms with van der Waals surface area (Å²) in [5, 5.41) is 0. The van der Waals surface area contributed by atoms with E-state index in [2.05, 4.69) is 9.71 Å². The highest BCUT2D eigenvalue weighted by molar-refractivity contribution is 7.92. The molecule has 1 unspecified atom stereocenters. The third kappa shape index (κ3) is 5.81. The van der Waals surface area contributed by atoms with E-state index in [1.54, 1.807) is 4.90 Å². The third-order valence-electron chi connectivity index (χ3n) is 6.71. The number of sulfone groups is 1. The number of fused-ring (bicyclic) bond motifs is 1. The summed E-state index contributed by atoms with van der Waals surface area (Å²) >= 11 is 0. The number of anilines is 2. The van der Waals surface area contributed by atoms with Gasteiger partial charge in [-0.15, -0.1) is 0 Å². The van der Waals surface area contributed by atoms with Crippen LogP contribution in [0.4, 0.5) is 29.1 Å². The van der Waals surface area contributed by atoms with E-state index >= 15 is 0 Å². The molecule has 0 aliphatic carbocycles. The van der Waals surface area contributed by atoms with Crippen molar-refractivity contribution >= 4 is 31.4 Å². The summed E-state index contributed by atoms with van der Waals surface area (Å²) in [5.74, 6) is -1.58. The van der Waals surface area contributed by atoms with Crippen LogP contribution in [0.3, 0.4) is 0 Å². The van der Waals surface area contributed by atoms with Gasteiger partial charge in [0.2, 0.25) is 5.95 Å². The number of ether oxygens (including phenoxy) is 1. The highest BCUT2D eigenvalue weighted by Gasteiger charge is 2.35. The van der Waals surface area contributed by atoms with E-state index in [0.29, 0.717) is 17.5 Å². The van der Waals surface area contributed by atoms with E-state index in [1.807, 2.05) is 0 Å². The molecule has 0 saturated carbocycles. The molecule has 8 nitrogen and oxygen atoms in total. The molecule has 5 rings (SSSR count). The summed E-state index contributed by atoms with van der Waals surface area (Å²) in [6.07, 6.45) is -4.18. The molecule has 1 aromatic heterocycles. The maximum Gasteiger partial charge on any atom is 0.416 e. The zero-order chi connectivity index (χ0) is 28.0. The Hall–Kier alpha value is -3.39. The number of rotatable bonds is 5. The Morgan fingerprint density at radius 1 is 1.00 bits per heavy atom. The molecule has 1 saturated heterocycles. The van der Waals surface area contributed by atoms with Crippen molar-refractivity contribution in [3.63, 3.8) is 0 Å². The molecule has 0 amide bonds. The Balaban J connectivity index is 1.51. The quantitative estimate of drug-likeness (QED) is 0.354. The first kappa shape index (κ1) is 27.2. The fourth-order valence-electron chi connectivity index (χ4n) is 4.76. The van der Waals surface area contributed by atoms with Gasteiger partial charge < -0.3 is 9.64 Å². The Morgan fingerprint density at radius 2 is 1.72 bits per heavy atom. The molecule has 1 N–H and O–H groups in total. The fraction of sp³-hybridized carbons (Fsp3) is 0.320. The summed E-state index contributed by atoms with van der Waals surface area (Å²) in [6.45, 7) is 0.294. The molecule has 1 fully saturated rings. The molecular weight excluding hydrogens is 562 g/mol. The minimum Gasteiger partial charge on any atom is -0.493 e. The Labute approximate surface area is 222 Å². The van der Waals surface area contributed by atoms with Crippen molar-refractivity contribution in [1.82, 2.24) is 4.98 Å². The lowest BCUT2D eigenvalue weighted by atomic mass is 9.85. The second kappa shape index (κ2) is 9.97. The van der Waals surface area contributed by atoms with Crippen molar-refractivity contribution in [1.29, 1.82) is 0 Å². The van der Waals surface area contributed by atoms with Gasteiger partial charge in [0.15, 0.2) is 9.84 Å². The van der Waals surface area contributed by atoms with E-state index in [9.17, 15) is 34.4 Å². The smallest absolute Gasteiger partial charge is 0.416 e. The number of hydrogen-bond donors (Lipinski definition) is 1. The largest absolute Gasteiger partial charge is 0.493 e. The first-order valence-electron chi connectivity index (χ1n) is 11.9.